The maximum atomic E-state index is 5.05. The van der Waals surface area contributed by atoms with Crippen molar-refractivity contribution in [3.05, 3.63) is 12.4 Å². The molecule has 2 rings (SSSR count). The predicted molar refractivity (Wildman–Crippen MR) is 72.9 cm³/mol. The lowest BCUT2D eigenvalue weighted by Crippen LogP contribution is -2.22. The number of hydrogen-bond donors (Lipinski definition) is 1. The Bertz CT molecular complexity index is 353. The maximum absolute atomic E-state index is 5.05. The molecule has 0 spiro atoms. The summed E-state index contributed by atoms with van der Waals surface area (Å²) in [5, 5.41) is 7.91. The summed E-state index contributed by atoms with van der Waals surface area (Å²) in [5.41, 5.74) is 1.13. The molecular formula is C13H24N4O. The van der Waals surface area contributed by atoms with Crippen LogP contribution in [0.1, 0.15) is 19.3 Å². The SMILES string of the molecule is COCCn1cc(NC2CCCN(C)CC2)cn1. The van der Waals surface area contributed by atoms with E-state index in [9.17, 15) is 0 Å². The van der Waals surface area contributed by atoms with Gasteiger partial charge in [-0.25, -0.2) is 0 Å². The minimum atomic E-state index is 0.579. The molecule has 102 valence electrons. The number of rotatable bonds is 5. The summed E-state index contributed by atoms with van der Waals surface area (Å²) in [6.07, 6.45) is 7.69. The van der Waals surface area contributed by atoms with Gasteiger partial charge < -0.3 is 15.0 Å². The number of aromatic nitrogens is 2. The minimum Gasteiger partial charge on any atom is -0.383 e. The first kappa shape index (κ1) is 13.4. The number of methoxy groups -OCH3 is 1. The van der Waals surface area contributed by atoms with Crippen LogP contribution in [-0.4, -0.2) is 54.6 Å². The quantitative estimate of drug-likeness (QED) is 0.861. The molecule has 1 fully saturated rings. The van der Waals surface area contributed by atoms with Crippen molar-refractivity contribution >= 4 is 5.69 Å². The lowest BCUT2D eigenvalue weighted by Gasteiger charge is -2.16. The molecule has 18 heavy (non-hydrogen) atoms. The zero-order chi connectivity index (χ0) is 12.8. The van der Waals surface area contributed by atoms with Crippen molar-refractivity contribution < 1.29 is 4.74 Å². The Balaban J connectivity index is 1.82. The topological polar surface area (TPSA) is 42.3 Å². The Kier molecular flexibility index (Phi) is 5.01. The van der Waals surface area contributed by atoms with E-state index in [1.807, 2.05) is 10.9 Å². The Hall–Kier alpha value is -1.07. The first-order chi connectivity index (χ1) is 8.78. The standard InChI is InChI=1S/C13H24N4O/c1-16-6-3-4-12(5-7-16)15-13-10-14-17(11-13)8-9-18-2/h10-12,15H,3-9H2,1-2H3. The second kappa shape index (κ2) is 6.75. The second-order valence-electron chi connectivity index (χ2n) is 5.06. The fourth-order valence-electron chi connectivity index (χ4n) is 2.37. The van der Waals surface area contributed by atoms with Crippen molar-refractivity contribution in [2.75, 3.05) is 39.2 Å². The number of ether oxygens (including phenoxy) is 1. The number of nitrogens with one attached hydrogen (secondary N) is 1. The molecule has 1 aliphatic rings. The van der Waals surface area contributed by atoms with Crippen molar-refractivity contribution in [3.8, 4) is 0 Å². The molecule has 0 radical (unpaired) electrons. The van der Waals surface area contributed by atoms with E-state index in [0.717, 1.165) is 12.2 Å². The third-order valence-electron chi connectivity index (χ3n) is 3.48. The zero-order valence-corrected chi connectivity index (χ0v) is 11.4. The number of anilines is 1. The molecule has 1 atom stereocenters. The van der Waals surface area contributed by atoms with Crippen LogP contribution in [0, 0.1) is 0 Å². The van der Waals surface area contributed by atoms with Crippen LogP contribution in [-0.2, 0) is 11.3 Å². The average molecular weight is 252 g/mol. The van der Waals surface area contributed by atoms with Gasteiger partial charge in [0.2, 0.25) is 0 Å². The Morgan fingerprint density at radius 3 is 3.17 bits per heavy atom. The number of likely N-dealkylation sites (tertiary alicyclic amines) is 1. The number of nitrogens with zero attached hydrogens (tertiary/aromatic N) is 3. The summed E-state index contributed by atoms with van der Waals surface area (Å²) in [4.78, 5) is 2.41. The first-order valence-electron chi connectivity index (χ1n) is 6.74. The summed E-state index contributed by atoms with van der Waals surface area (Å²) in [5.74, 6) is 0. The van der Waals surface area contributed by atoms with Crippen LogP contribution in [0.2, 0.25) is 0 Å². The molecule has 0 aliphatic carbocycles. The molecule has 5 nitrogen and oxygen atoms in total. The molecule has 0 saturated carbocycles. The lowest BCUT2D eigenvalue weighted by molar-refractivity contribution is 0.183. The Labute approximate surface area is 109 Å². The predicted octanol–water partition coefficient (Wildman–Crippen LogP) is 1.43. The number of hydrogen-bond acceptors (Lipinski definition) is 4. The third kappa shape index (κ3) is 3.99. The molecule has 1 unspecified atom stereocenters. The van der Waals surface area contributed by atoms with E-state index in [4.69, 9.17) is 4.74 Å². The van der Waals surface area contributed by atoms with Gasteiger partial charge in [-0.1, -0.05) is 0 Å². The molecule has 0 amide bonds. The smallest absolute Gasteiger partial charge is 0.0728 e. The molecule has 0 aromatic carbocycles. The summed E-state index contributed by atoms with van der Waals surface area (Å²) >= 11 is 0. The summed E-state index contributed by atoms with van der Waals surface area (Å²) in [7, 11) is 3.91. The van der Waals surface area contributed by atoms with Gasteiger partial charge in [0.05, 0.1) is 25.0 Å². The van der Waals surface area contributed by atoms with E-state index >= 15 is 0 Å². The van der Waals surface area contributed by atoms with Gasteiger partial charge in [0.1, 0.15) is 0 Å². The van der Waals surface area contributed by atoms with Crippen molar-refractivity contribution in [2.45, 2.75) is 31.8 Å². The van der Waals surface area contributed by atoms with Gasteiger partial charge in [0, 0.05) is 19.3 Å². The summed E-state index contributed by atoms with van der Waals surface area (Å²) < 4.78 is 6.97. The highest BCUT2D eigenvalue weighted by Gasteiger charge is 2.14. The molecule has 2 heterocycles. The van der Waals surface area contributed by atoms with E-state index in [1.54, 1.807) is 7.11 Å². The minimum absolute atomic E-state index is 0.579. The largest absolute Gasteiger partial charge is 0.383 e. The van der Waals surface area contributed by atoms with Gasteiger partial charge in [0.15, 0.2) is 0 Å². The van der Waals surface area contributed by atoms with Gasteiger partial charge in [-0.3, -0.25) is 4.68 Å². The van der Waals surface area contributed by atoms with E-state index in [-0.39, 0.29) is 0 Å². The van der Waals surface area contributed by atoms with Gasteiger partial charge >= 0.3 is 0 Å². The summed E-state index contributed by atoms with van der Waals surface area (Å²) in [6.45, 7) is 3.90. The molecule has 1 saturated heterocycles. The van der Waals surface area contributed by atoms with Crippen LogP contribution in [0.5, 0.6) is 0 Å². The van der Waals surface area contributed by atoms with Gasteiger partial charge in [-0.15, -0.1) is 0 Å². The van der Waals surface area contributed by atoms with Crippen LogP contribution in [0.25, 0.3) is 0 Å². The lowest BCUT2D eigenvalue weighted by atomic mass is 10.1. The van der Waals surface area contributed by atoms with Crippen LogP contribution in [0.3, 0.4) is 0 Å². The van der Waals surface area contributed by atoms with Crippen LogP contribution in [0.4, 0.5) is 5.69 Å². The van der Waals surface area contributed by atoms with Crippen LogP contribution < -0.4 is 5.32 Å². The van der Waals surface area contributed by atoms with E-state index in [1.165, 1.54) is 32.4 Å². The highest BCUT2D eigenvalue weighted by atomic mass is 16.5. The van der Waals surface area contributed by atoms with Crippen molar-refractivity contribution in [1.82, 2.24) is 14.7 Å². The maximum Gasteiger partial charge on any atom is 0.0728 e. The van der Waals surface area contributed by atoms with Gasteiger partial charge in [0.25, 0.3) is 0 Å². The molecular weight excluding hydrogens is 228 g/mol. The summed E-state index contributed by atoms with van der Waals surface area (Å²) in [6, 6.07) is 0.579. The highest BCUT2D eigenvalue weighted by molar-refractivity contribution is 5.39. The van der Waals surface area contributed by atoms with E-state index in [0.29, 0.717) is 12.6 Å². The normalized spacial score (nSPS) is 21.8. The molecule has 5 heteroatoms. The monoisotopic (exact) mass is 252 g/mol. The molecule has 1 aromatic rings. The van der Waals surface area contributed by atoms with Crippen molar-refractivity contribution in [3.63, 3.8) is 0 Å². The fraction of sp³-hybridized carbons (Fsp3) is 0.769. The average Bonchev–Trinajstić information content (AvgIpc) is 2.70. The second-order valence-corrected chi connectivity index (χ2v) is 5.06. The fourth-order valence-corrected chi connectivity index (χ4v) is 2.37. The zero-order valence-electron chi connectivity index (χ0n) is 11.4. The molecule has 0 bridgehead atoms. The Morgan fingerprint density at radius 2 is 2.33 bits per heavy atom. The van der Waals surface area contributed by atoms with Crippen molar-refractivity contribution in [2.24, 2.45) is 0 Å². The Morgan fingerprint density at radius 1 is 1.44 bits per heavy atom. The van der Waals surface area contributed by atoms with Crippen LogP contribution in [0.15, 0.2) is 12.4 Å². The first-order valence-corrected chi connectivity index (χ1v) is 6.74. The van der Waals surface area contributed by atoms with Gasteiger partial charge in [-0.05, 0) is 39.4 Å². The van der Waals surface area contributed by atoms with E-state index < -0.39 is 0 Å². The van der Waals surface area contributed by atoms with Crippen LogP contribution >= 0.6 is 0 Å². The third-order valence-corrected chi connectivity index (χ3v) is 3.48. The highest BCUT2D eigenvalue weighted by Crippen LogP contribution is 2.15. The van der Waals surface area contributed by atoms with Crippen molar-refractivity contribution in [1.29, 1.82) is 0 Å². The van der Waals surface area contributed by atoms with Gasteiger partial charge in [-0.2, -0.15) is 5.10 Å². The molecule has 1 aliphatic heterocycles. The van der Waals surface area contributed by atoms with E-state index in [2.05, 4.69) is 28.6 Å². The molecule has 1 aromatic heterocycles. The molecule has 1 N–H and O–H groups in total.